The van der Waals surface area contributed by atoms with Crippen molar-refractivity contribution in [2.24, 2.45) is 17.8 Å². The molecule has 2 aliphatic rings. The summed E-state index contributed by atoms with van der Waals surface area (Å²) in [5.41, 5.74) is 0. The number of rotatable bonds is 27. The SMILES string of the molecule is C=CCNC(=O)C(O)C(CCC)NC(=O)C1CN(CC(=O)OCC)C(=O)N1C(=O)C(C)C(C)C.C=CCNC(=O)C(O)C(CCC)NC(=O)C1CN(CC(=O)OCC)C(=O)N1C(=O)C(NC)C(C)C. The number of urea groups is 2. The highest BCUT2D eigenvalue weighted by atomic mass is 16.5. The van der Waals surface area contributed by atoms with Gasteiger partial charge in [0.05, 0.1) is 44.4 Å². The van der Waals surface area contributed by atoms with E-state index in [0.29, 0.717) is 12.8 Å². The Morgan fingerprint density at radius 3 is 1.33 bits per heavy atom. The van der Waals surface area contributed by atoms with E-state index in [2.05, 4.69) is 39.7 Å². The Labute approximate surface area is 405 Å². The van der Waals surface area contributed by atoms with Crippen LogP contribution < -0.4 is 26.6 Å². The minimum atomic E-state index is -1.54. The summed E-state index contributed by atoms with van der Waals surface area (Å²) >= 11 is 0. The molecule has 0 saturated carbocycles. The highest BCUT2D eigenvalue weighted by molar-refractivity contribution is 6.05. The second-order valence-corrected chi connectivity index (χ2v) is 17.2. The average molecular weight is 980 g/mol. The van der Waals surface area contributed by atoms with Gasteiger partial charge in [0.15, 0.2) is 12.2 Å². The van der Waals surface area contributed by atoms with Crippen LogP contribution in [0.15, 0.2) is 25.3 Å². The van der Waals surface area contributed by atoms with Crippen molar-refractivity contribution in [1.82, 2.24) is 46.2 Å². The number of likely N-dealkylation sites (N-methyl/N-ethyl adjacent to an activating group) is 1. The van der Waals surface area contributed by atoms with Crippen molar-refractivity contribution in [3.05, 3.63) is 25.3 Å². The van der Waals surface area contributed by atoms with Gasteiger partial charge < -0.3 is 56.1 Å². The minimum Gasteiger partial charge on any atom is -0.465 e. The second-order valence-electron chi connectivity index (χ2n) is 17.2. The summed E-state index contributed by atoms with van der Waals surface area (Å²) in [7, 11) is 1.57. The lowest BCUT2D eigenvalue weighted by Crippen LogP contribution is -2.58. The van der Waals surface area contributed by atoms with Crippen LogP contribution in [0.25, 0.3) is 0 Å². The lowest BCUT2D eigenvalue weighted by atomic mass is 9.96. The number of nitrogens with zero attached hydrogens (tertiary/aromatic N) is 4. The van der Waals surface area contributed by atoms with Crippen LogP contribution in [0.3, 0.4) is 0 Å². The van der Waals surface area contributed by atoms with Crippen LogP contribution in [0.4, 0.5) is 9.59 Å². The number of nitrogens with one attached hydrogen (secondary N) is 5. The van der Waals surface area contributed by atoms with Crippen LogP contribution in [0, 0.1) is 17.8 Å². The summed E-state index contributed by atoms with van der Waals surface area (Å²) in [6, 6.07) is -6.68. The van der Waals surface area contributed by atoms with Gasteiger partial charge in [-0.15, -0.1) is 13.2 Å². The lowest BCUT2D eigenvalue weighted by molar-refractivity contribution is -0.144. The van der Waals surface area contributed by atoms with E-state index in [1.165, 1.54) is 12.2 Å². The van der Waals surface area contributed by atoms with E-state index in [4.69, 9.17) is 9.47 Å². The molecule has 2 rings (SSSR count). The molecule has 0 aromatic carbocycles. The lowest BCUT2D eigenvalue weighted by Gasteiger charge is -2.29. The molecular weight excluding hydrogens is 903 g/mol. The van der Waals surface area contributed by atoms with E-state index in [9.17, 15) is 58.2 Å². The Bertz CT molecular complexity index is 1810. The highest BCUT2D eigenvalue weighted by Crippen LogP contribution is 2.24. The molecule has 10 amide bonds. The molecule has 69 heavy (non-hydrogen) atoms. The molecule has 8 atom stereocenters. The van der Waals surface area contributed by atoms with Gasteiger partial charge in [-0.2, -0.15) is 0 Å². The van der Waals surface area contributed by atoms with Crippen LogP contribution in [0.5, 0.6) is 0 Å². The van der Waals surface area contributed by atoms with E-state index in [0.717, 1.165) is 19.6 Å². The Morgan fingerprint density at radius 2 is 1.03 bits per heavy atom. The van der Waals surface area contributed by atoms with Gasteiger partial charge in [0, 0.05) is 19.0 Å². The first kappa shape index (κ1) is 61.1. The number of hydrogen-bond donors (Lipinski definition) is 7. The third kappa shape index (κ3) is 17.8. The Kier molecular flexibility index (Phi) is 27.0. The largest absolute Gasteiger partial charge is 0.465 e. The topological polar surface area (TPSA) is 303 Å². The van der Waals surface area contributed by atoms with Gasteiger partial charge in [-0.05, 0) is 45.6 Å². The Hall–Kier alpha value is -5.94. The molecule has 0 aliphatic carbocycles. The molecular formula is C46H77N9O14. The molecule has 0 radical (unpaired) electrons. The monoisotopic (exact) mass is 980 g/mol. The quantitative estimate of drug-likeness (QED) is 0.0414. The zero-order valence-electron chi connectivity index (χ0n) is 41.9. The summed E-state index contributed by atoms with van der Waals surface area (Å²) in [6.07, 6.45) is 1.51. The molecule has 2 fully saturated rings. The number of carbonyl (C=O) groups excluding carboxylic acids is 10. The number of carbonyl (C=O) groups is 10. The third-order valence-corrected chi connectivity index (χ3v) is 11.3. The summed E-state index contributed by atoms with van der Waals surface area (Å²) < 4.78 is 9.80. The number of hydrogen-bond acceptors (Lipinski definition) is 15. The minimum absolute atomic E-state index is 0.0914. The van der Waals surface area contributed by atoms with Crippen LogP contribution in [-0.2, 0) is 47.8 Å². The van der Waals surface area contributed by atoms with E-state index in [1.54, 1.807) is 41.7 Å². The van der Waals surface area contributed by atoms with Crippen molar-refractivity contribution in [3.8, 4) is 0 Å². The maximum Gasteiger partial charge on any atom is 0.328 e. The van der Waals surface area contributed by atoms with E-state index >= 15 is 0 Å². The molecule has 2 saturated heterocycles. The highest BCUT2D eigenvalue weighted by Gasteiger charge is 2.49. The zero-order valence-corrected chi connectivity index (χ0v) is 41.9. The van der Waals surface area contributed by atoms with Crippen molar-refractivity contribution >= 4 is 59.4 Å². The zero-order chi connectivity index (χ0) is 52.7. The summed E-state index contributed by atoms with van der Waals surface area (Å²) in [5, 5.41) is 34.0. The first-order chi connectivity index (χ1) is 32.5. The van der Waals surface area contributed by atoms with Crippen molar-refractivity contribution < 1.29 is 67.6 Å². The van der Waals surface area contributed by atoms with Gasteiger partial charge in [-0.25, -0.2) is 19.4 Å². The summed E-state index contributed by atoms with van der Waals surface area (Å²) in [5.74, 6) is -6.08. The number of ether oxygens (including phenoxy) is 2. The van der Waals surface area contributed by atoms with Gasteiger partial charge in [0.2, 0.25) is 23.6 Å². The molecule has 2 heterocycles. The molecule has 0 aromatic rings. The Morgan fingerprint density at radius 1 is 0.652 bits per heavy atom. The standard InChI is InChI=1S/C23H39N5O7.C23H38N4O7/c1-7-10-15(19(30)21(32)25-11-8-2)26-20(31)16-12-27(13-17(29)35-9-3)23(34)28(16)22(33)18(24-6)14(4)5;1-7-10-16(19(29)21(31)24-11-8-2)25-20(30)17-12-26(13-18(28)34-9-3)23(33)27(17)22(32)15(6)14(4)5/h8,14-16,18-19,24,30H,2,7,9-13H2,1,3-6H3,(H,25,32)(H,26,31);8,14-17,19,29H,2,7,9-13H2,1,3-6H3,(H,24,31)(H,25,30). The summed E-state index contributed by atoms with van der Waals surface area (Å²) in [4.78, 5) is 131. The predicted octanol–water partition coefficient (Wildman–Crippen LogP) is -0.203. The number of aliphatic hydroxyl groups is 2. The predicted molar refractivity (Wildman–Crippen MR) is 252 cm³/mol. The third-order valence-electron chi connectivity index (χ3n) is 11.3. The fourth-order valence-corrected chi connectivity index (χ4v) is 7.31. The second kappa shape index (κ2) is 30.5. The first-order valence-corrected chi connectivity index (χ1v) is 23.5. The van der Waals surface area contributed by atoms with Gasteiger partial charge >= 0.3 is 24.0 Å². The molecule has 23 heteroatoms. The molecule has 0 aromatic heterocycles. The van der Waals surface area contributed by atoms with Crippen molar-refractivity contribution in [2.75, 3.05) is 59.5 Å². The average Bonchev–Trinajstić information content (AvgIpc) is 3.80. The number of esters is 2. The van der Waals surface area contributed by atoms with Crippen molar-refractivity contribution in [2.45, 2.75) is 130 Å². The van der Waals surface area contributed by atoms with E-state index < -0.39 is 121 Å². The molecule has 8 unspecified atom stereocenters. The maximum atomic E-state index is 13.3. The van der Waals surface area contributed by atoms with Gasteiger partial charge in [0.25, 0.3) is 11.8 Å². The van der Waals surface area contributed by atoms with Crippen molar-refractivity contribution in [3.63, 3.8) is 0 Å². The summed E-state index contributed by atoms with van der Waals surface area (Å²) in [6.45, 7) is 22.1. The van der Waals surface area contributed by atoms with Crippen LogP contribution in [0.2, 0.25) is 0 Å². The number of imide groups is 2. The van der Waals surface area contributed by atoms with Crippen LogP contribution in [0.1, 0.15) is 88.0 Å². The molecule has 23 nitrogen and oxygen atoms in total. The molecule has 0 spiro atoms. The van der Waals surface area contributed by atoms with Crippen LogP contribution >= 0.6 is 0 Å². The molecule has 7 N–H and O–H groups in total. The fraction of sp³-hybridized carbons (Fsp3) is 0.696. The molecule has 390 valence electrons. The number of aliphatic hydroxyl groups excluding tert-OH is 2. The first-order valence-electron chi connectivity index (χ1n) is 23.5. The normalized spacial score (nSPS) is 18.2. The fourth-order valence-electron chi connectivity index (χ4n) is 7.31. The van der Waals surface area contributed by atoms with Gasteiger partial charge in [0.1, 0.15) is 25.2 Å². The number of amides is 10. The van der Waals surface area contributed by atoms with E-state index in [1.807, 2.05) is 27.7 Å². The van der Waals surface area contributed by atoms with Gasteiger partial charge in [-0.1, -0.05) is 73.5 Å². The Balaban J connectivity index is 0.000000690. The van der Waals surface area contributed by atoms with Gasteiger partial charge in [-0.3, -0.25) is 38.4 Å². The molecule has 0 bridgehead atoms. The van der Waals surface area contributed by atoms with Crippen molar-refractivity contribution in [1.29, 1.82) is 0 Å². The van der Waals surface area contributed by atoms with Crippen LogP contribution in [-0.4, -0.2) is 191 Å². The smallest absolute Gasteiger partial charge is 0.328 e. The maximum absolute atomic E-state index is 13.3. The van der Waals surface area contributed by atoms with E-state index in [-0.39, 0.29) is 64.1 Å². The molecule has 2 aliphatic heterocycles.